The predicted molar refractivity (Wildman–Crippen MR) is 117 cm³/mol. The van der Waals surface area contributed by atoms with Crippen LogP contribution in [-0.4, -0.2) is 29.0 Å². The van der Waals surface area contributed by atoms with E-state index < -0.39 is 5.38 Å². The number of halogens is 1. The maximum Gasteiger partial charge on any atom is 0.245 e. The van der Waals surface area contributed by atoms with Gasteiger partial charge in [0.1, 0.15) is 11.1 Å². The van der Waals surface area contributed by atoms with Crippen LogP contribution in [0.4, 0.5) is 0 Å². The van der Waals surface area contributed by atoms with Crippen molar-refractivity contribution >= 4 is 17.5 Å². The molecule has 5 heteroatoms. The summed E-state index contributed by atoms with van der Waals surface area (Å²) in [5.74, 6) is 0.694. The monoisotopic (exact) mass is 408 g/mol. The molecule has 0 bridgehead atoms. The third-order valence-electron chi connectivity index (χ3n) is 4.73. The number of carbonyl (C=O) groups excluding carboxylic acids is 1. The number of methoxy groups -OCH3 is 1. The summed E-state index contributed by atoms with van der Waals surface area (Å²) >= 11 is 6.48. The molecule has 1 aromatic heterocycles. The average molecular weight is 409 g/mol. The van der Waals surface area contributed by atoms with E-state index in [1.807, 2.05) is 66.9 Å². The number of hydrogen-bond acceptors (Lipinski definition) is 2. The second kappa shape index (κ2) is 9.99. The zero-order valence-electron chi connectivity index (χ0n) is 16.5. The maximum atomic E-state index is 13.0. The van der Waals surface area contributed by atoms with Crippen molar-refractivity contribution in [3.8, 4) is 5.75 Å². The van der Waals surface area contributed by atoms with E-state index >= 15 is 0 Å². The van der Waals surface area contributed by atoms with Gasteiger partial charge in [-0.25, -0.2) is 0 Å². The number of aromatic nitrogens is 1. The van der Waals surface area contributed by atoms with Gasteiger partial charge in [-0.3, -0.25) is 4.79 Å². The normalized spacial score (nSPS) is 11.7. The zero-order chi connectivity index (χ0) is 20.6. The minimum Gasteiger partial charge on any atom is -0.497 e. The van der Waals surface area contributed by atoms with Crippen LogP contribution in [0.15, 0.2) is 85.6 Å². The lowest BCUT2D eigenvalue weighted by atomic mass is 10.1. The second-order valence-corrected chi connectivity index (χ2v) is 7.20. The lowest BCUT2D eigenvalue weighted by Gasteiger charge is -2.25. The SMILES string of the molecule is C=CCN(Cc1cccn1Cc1cccc(OC)c1)C(=O)[C@H](Cl)c1ccccc1. The summed E-state index contributed by atoms with van der Waals surface area (Å²) in [5.41, 5.74) is 2.95. The molecule has 2 aromatic carbocycles. The molecule has 0 saturated carbocycles. The summed E-state index contributed by atoms with van der Waals surface area (Å²) in [5, 5.41) is -0.724. The number of carbonyl (C=O) groups is 1. The van der Waals surface area contributed by atoms with Crippen LogP contribution in [0.5, 0.6) is 5.75 Å². The Morgan fingerprint density at radius 1 is 1.17 bits per heavy atom. The van der Waals surface area contributed by atoms with Crippen LogP contribution in [0.3, 0.4) is 0 Å². The molecule has 29 heavy (non-hydrogen) atoms. The van der Waals surface area contributed by atoms with Crippen LogP contribution < -0.4 is 4.74 Å². The standard InChI is InChI=1S/C24H25ClN2O2/c1-3-14-27(24(28)23(25)20-10-5-4-6-11-20)18-21-12-8-15-26(21)17-19-9-7-13-22(16-19)29-2/h3-13,15-16,23H,1,14,17-18H2,2H3/t23-/m1/s1. The molecule has 0 spiro atoms. The Balaban J connectivity index is 1.77. The van der Waals surface area contributed by atoms with E-state index in [2.05, 4.69) is 17.2 Å². The highest BCUT2D eigenvalue weighted by atomic mass is 35.5. The van der Waals surface area contributed by atoms with Crippen molar-refractivity contribution in [3.63, 3.8) is 0 Å². The van der Waals surface area contributed by atoms with Crippen LogP contribution in [-0.2, 0) is 17.9 Å². The topological polar surface area (TPSA) is 34.5 Å². The second-order valence-electron chi connectivity index (χ2n) is 6.76. The first kappa shape index (κ1) is 20.7. The Hall–Kier alpha value is -2.98. The molecule has 4 nitrogen and oxygen atoms in total. The number of alkyl halides is 1. The molecule has 0 aliphatic heterocycles. The molecule has 0 fully saturated rings. The fourth-order valence-corrected chi connectivity index (χ4v) is 3.51. The van der Waals surface area contributed by atoms with Gasteiger partial charge in [0.25, 0.3) is 0 Å². The Kier molecular flexibility index (Phi) is 7.14. The van der Waals surface area contributed by atoms with Gasteiger partial charge in [-0.1, -0.05) is 48.5 Å². The molecule has 1 heterocycles. The molecule has 0 unspecified atom stereocenters. The van der Waals surface area contributed by atoms with Gasteiger partial charge < -0.3 is 14.2 Å². The number of hydrogen-bond donors (Lipinski definition) is 0. The molecule has 0 aliphatic rings. The highest BCUT2D eigenvalue weighted by Gasteiger charge is 2.24. The lowest BCUT2D eigenvalue weighted by molar-refractivity contribution is -0.131. The van der Waals surface area contributed by atoms with E-state index in [1.165, 1.54) is 0 Å². The van der Waals surface area contributed by atoms with Crippen molar-refractivity contribution in [1.82, 2.24) is 9.47 Å². The summed E-state index contributed by atoms with van der Waals surface area (Å²) in [6, 6.07) is 21.4. The Morgan fingerprint density at radius 2 is 1.97 bits per heavy atom. The fraction of sp³-hybridized carbons (Fsp3) is 0.208. The Morgan fingerprint density at radius 3 is 2.69 bits per heavy atom. The van der Waals surface area contributed by atoms with Crippen molar-refractivity contribution in [2.24, 2.45) is 0 Å². The third-order valence-corrected chi connectivity index (χ3v) is 5.17. The van der Waals surface area contributed by atoms with Gasteiger partial charge in [-0.05, 0) is 35.4 Å². The van der Waals surface area contributed by atoms with Crippen molar-refractivity contribution in [3.05, 3.63) is 102 Å². The van der Waals surface area contributed by atoms with Crippen molar-refractivity contribution in [2.75, 3.05) is 13.7 Å². The van der Waals surface area contributed by atoms with Crippen LogP contribution in [0.2, 0.25) is 0 Å². The molecule has 1 amide bonds. The lowest BCUT2D eigenvalue weighted by Crippen LogP contribution is -2.34. The van der Waals surface area contributed by atoms with Gasteiger partial charge >= 0.3 is 0 Å². The van der Waals surface area contributed by atoms with Gasteiger partial charge in [0.2, 0.25) is 5.91 Å². The van der Waals surface area contributed by atoms with Crippen molar-refractivity contribution in [2.45, 2.75) is 18.5 Å². The number of nitrogens with zero attached hydrogens (tertiary/aromatic N) is 2. The largest absolute Gasteiger partial charge is 0.497 e. The maximum absolute atomic E-state index is 13.0. The van der Waals surface area contributed by atoms with Gasteiger partial charge in [-0.15, -0.1) is 18.2 Å². The number of rotatable bonds is 9. The summed E-state index contributed by atoms with van der Waals surface area (Å²) in [7, 11) is 1.66. The molecule has 0 aliphatic carbocycles. The minimum atomic E-state index is -0.724. The summed E-state index contributed by atoms with van der Waals surface area (Å²) in [4.78, 5) is 14.8. The smallest absolute Gasteiger partial charge is 0.245 e. The van der Waals surface area contributed by atoms with Gasteiger partial charge in [0.05, 0.1) is 13.7 Å². The molecule has 1 atom stereocenters. The van der Waals surface area contributed by atoms with E-state index in [9.17, 15) is 4.79 Å². The van der Waals surface area contributed by atoms with Crippen LogP contribution >= 0.6 is 11.6 Å². The Bertz CT molecular complexity index is 952. The van der Waals surface area contributed by atoms with Gasteiger partial charge in [0, 0.05) is 25.0 Å². The predicted octanol–water partition coefficient (Wildman–Crippen LogP) is 5.04. The summed E-state index contributed by atoms with van der Waals surface area (Å²) in [6.07, 6.45) is 3.74. The zero-order valence-corrected chi connectivity index (χ0v) is 17.3. The number of ether oxygens (including phenoxy) is 1. The first-order valence-electron chi connectivity index (χ1n) is 9.48. The van der Waals surface area contributed by atoms with Gasteiger partial charge in [-0.2, -0.15) is 0 Å². The molecule has 3 rings (SSSR count). The molecule has 150 valence electrons. The highest BCUT2D eigenvalue weighted by Crippen LogP contribution is 2.24. The van der Waals surface area contributed by atoms with E-state index in [0.29, 0.717) is 19.6 Å². The third kappa shape index (κ3) is 5.30. The minimum absolute atomic E-state index is 0.133. The molecule has 3 aromatic rings. The molecule has 0 radical (unpaired) electrons. The van der Waals surface area contributed by atoms with Crippen molar-refractivity contribution in [1.29, 1.82) is 0 Å². The van der Waals surface area contributed by atoms with E-state index in [4.69, 9.17) is 16.3 Å². The van der Waals surface area contributed by atoms with Crippen molar-refractivity contribution < 1.29 is 9.53 Å². The van der Waals surface area contributed by atoms with E-state index in [1.54, 1.807) is 18.1 Å². The number of amides is 1. The highest BCUT2D eigenvalue weighted by molar-refractivity contribution is 6.30. The van der Waals surface area contributed by atoms with Crippen LogP contribution in [0.25, 0.3) is 0 Å². The molecular formula is C24H25ClN2O2. The van der Waals surface area contributed by atoms with Crippen LogP contribution in [0, 0.1) is 0 Å². The Labute approximate surface area is 177 Å². The summed E-state index contributed by atoms with van der Waals surface area (Å²) < 4.78 is 7.44. The first-order chi connectivity index (χ1) is 14.1. The van der Waals surface area contributed by atoms with Crippen LogP contribution in [0.1, 0.15) is 22.2 Å². The first-order valence-corrected chi connectivity index (χ1v) is 9.91. The fourth-order valence-electron chi connectivity index (χ4n) is 3.22. The molecular weight excluding hydrogens is 384 g/mol. The number of benzene rings is 2. The molecule has 0 N–H and O–H groups in total. The quantitative estimate of drug-likeness (QED) is 0.367. The molecule has 0 saturated heterocycles. The average Bonchev–Trinajstić information content (AvgIpc) is 3.19. The van der Waals surface area contributed by atoms with E-state index in [-0.39, 0.29) is 5.91 Å². The van der Waals surface area contributed by atoms with Gasteiger partial charge in [0.15, 0.2) is 0 Å². The summed E-state index contributed by atoms with van der Waals surface area (Å²) in [6.45, 7) is 5.37. The van der Waals surface area contributed by atoms with E-state index in [0.717, 1.165) is 22.6 Å².